The van der Waals surface area contributed by atoms with Crippen LogP contribution in [0.3, 0.4) is 0 Å². The molecule has 0 spiro atoms. The average molecular weight is 309 g/mol. The topological polar surface area (TPSA) is 51.3 Å². The van der Waals surface area contributed by atoms with E-state index < -0.39 is 0 Å². The van der Waals surface area contributed by atoms with Crippen molar-refractivity contribution in [1.82, 2.24) is 14.7 Å². The van der Waals surface area contributed by atoms with E-state index in [2.05, 4.69) is 5.10 Å². The summed E-state index contributed by atoms with van der Waals surface area (Å²) in [6.45, 7) is 2.98. The molecule has 0 aliphatic carbocycles. The molecule has 23 heavy (non-hydrogen) atoms. The van der Waals surface area contributed by atoms with Crippen molar-refractivity contribution in [3.63, 3.8) is 0 Å². The van der Waals surface area contributed by atoms with Gasteiger partial charge < -0.3 is 9.32 Å². The van der Waals surface area contributed by atoms with Gasteiger partial charge in [-0.25, -0.2) is 0 Å². The van der Waals surface area contributed by atoms with Gasteiger partial charge in [-0.05, 0) is 24.6 Å². The second-order valence-corrected chi connectivity index (χ2v) is 5.59. The number of nitrogens with zero attached hydrogens (tertiary/aromatic N) is 3. The van der Waals surface area contributed by atoms with Crippen LogP contribution >= 0.6 is 0 Å². The minimum atomic E-state index is -0.0710. The quantitative estimate of drug-likeness (QED) is 0.727. The highest BCUT2D eigenvalue weighted by Crippen LogP contribution is 2.11. The van der Waals surface area contributed by atoms with Crippen molar-refractivity contribution >= 4 is 5.91 Å². The Hall–Kier alpha value is -2.82. The molecule has 2 aromatic heterocycles. The lowest BCUT2D eigenvalue weighted by molar-refractivity contribution is 0.0775. The first kappa shape index (κ1) is 15.1. The Morgan fingerprint density at radius 2 is 2.00 bits per heavy atom. The van der Waals surface area contributed by atoms with E-state index >= 15 is 0 Å². The van der Waals surface area contributed by atoms with Gasteiger partial charge >= 0.3 is 0 Å². The Morgan fingerprint density at radius 3 is 2.70 bits per heavy atom. The predicted octanol–water partition coefficient (Wildman–Crippen LogP) is 3.11. The molecule has 0 radical (unpaired) electrons. The molecule has 2 heterocycles. The van der Waals surface area contributed by atoms with Gasteiger partial charge in [0.25, 0.3) is 5.91 Å². The third-order valence-corrected chi connectivity index (χ3v) is 3.60. The van der Waals surface area contributed by atoms with E-state index in [0.717, 1.165) is 17.1 Å². The van der Waals surface area contributed by atoms with Crippen molar-refractivity contribution in [2.45, 2.75) is 20.0 Å². The van der Waals surface area contributed by atoms with Gasteiger partial charge in [0, 0.05) is 13.2 Å². The maximum Gasteiger partial charge on any atom is 0.257 e. The maximum atomic E-state index is 12.5. The van der Waals surface area contributed by atoms with Gasteiger partial charge in [-0.2, -0.15) is 5.10 Å². The number of hydrogen-bond donors (Lipinski definition) is 0. The van der Waals surface area contributed by atoms with Crippen LogP contribution in [-0.4, -0.2) is 27.6 Å². The fraction of sp³-hybridized carbons (Fsp3) is 0.222. The van der Waals surface area contributed by atoms with E-state index in [9.17, 15) is 4.79 Å². The van der Waals surface area contributed by atoms with Crippen molar-refractivity contribution in [3.8, 4) is 0 Å². The van der Waals surface area contributed by atoms with Crippen molar-refractivity contribution in [1.29, 1.82) is 0 Å². The van der Waals surface area contributed by atoms with Gasteiger partial charge in [0.05, 0.1) is 24.8 Å². The highest BCUT2D eigenvalue weighted by Gasteiger charge is 2.15. The zero-order valence-corrected chi connectivity index (χ0v) is 13.3. The zero-order chi connectivity index (χ0) is 16.2. The minimum Gasteiger partial charge on any atom is -0.464 e. The zero-order valence-electron chi connectivity index (χ0n) is 13.3. The lowest BCUT2D eigenvalue weighted by Crippen LogP contribution is -2.25. The largest absolute Gasteiger partial charge is 0.464 e. The van der Waals surface area contributed by atoms with Crippen LogP contribution < -0.4 is 0 Å². The summed E-state index contributed by atoms with van der Waals surface area (Å²) in [5.74, 6) is 1.55. The Kier molecular flexibility index (Phi) is 4.28. The van der Waals surface area contributed by atoms with Gasteiger partial charge in [-0.3, -0.25) is 9.48 Å². The summed E-state index contributed by atoms with van der Waals surface area (Å²) in [4.78, 5) is 14.1. The van der Waals surface area contributed by atoms with Crippen LogP contribution in [0.4, 0.5) is 0 Å². The van der Waals surface area contributed by atoms with Crippen LogP contribution in [0.5, 0.6) is 0 Å². The van der Waals surface area contributed by atoms with Gasteiger partial charge in [-0.15, -0.1) is 0 Å². The van der Waals surface area contributed by atoms with E-state index in [1.54, 1.807) is 29.0 Å². The number of rotatable bonds is 5. The molecule has 0 saturated carbocycles. The number of benzene rings is 1. The smallest absolute Gasteiger partial charge is 0.257 e. The standard InChI is InChI=1S/C18H19N3O2/c1-14-8-9-17(23-14)13-20(2)18(22)16-10-19-21(12-16)11-15-6-4-3-5-7-15/h3-10,12H,11,13H2,1-2H3. The molecule has 0 saturated heterocycles. The minimum absolute atomic E-state index is 0.0710. The predicted molar refractivity (Wildman–Crippen MR) is 87.0 cm³/mol. The Morgan fingerprint density at radius 1 is 1.22 bits per heavy atom. The summed E-state index contributed by atoms with van der Waals surface area (Å²) in [6, 6.07) is 13.8. The summed E-state index contributed by atoms with van der Waals surface area (Å²) < 4.78 is 7.28. The Labute approximate surface area is 135 Å². The van der Waals surface area contributed by atoms with Crippen molar-refractivity contribution in [3.05, 3.63) is 77.5 Å². The molecule has 1 amide bonds. The van der Waals surface area contributed by atoms with Crippen molar-refractivity contribution in [2.75, 3.05) is 7.05 Å². The normalized spacial score (nSPS) is 10.7. The lowest BCUT2D eigenvalue weighted by Gasteiger charge is -2.14. The SMILES string of the molecule is Cc1ccc(CN(C)C(=O)c2cnn(Cc3ccccc3)c2)o1. The monoisotopic (exact) mass is 309 g/mol. The van der Waals surface area contributed by atoms with Crippen molar-refractivity contribution in [2.24, 2.45) is 0 Å². The Balaban J connectivity index is 1.65. The molecule has 118 valence electrons. The fourth-order valence-corrected chi connectivity index (χ4v) is 2.43. The molecule has 0 atom stereocenters. The van der Waals surface area contributed by atoms with Gasteiger partial charge in [0.15, 0.2) is 0 Å². The van der Waals surface area contributed by atoms with Gasteiger partial charge in [-0.1, -0.05) is 30.3 Å². The second kappa shape index (κ2) is 6.52. The van der Waals surface area contributed by atoms with E-state index in [1.165, 1.54) is 0 Å². The molecule has 0 unspecified atom stereocenters. The van der Waals surface area contributed by atoms with Gasteiger partial charge in [0.2, 0.25) is 0 Å². The number of amides is 1. The summed E-state index contributed by atoms with van der Waals surface area (Å²) in [7, 11) is 1.76. The van der Waals surface area contributed by atoms with Crippen LogP contribution in [0.2, 0.25) is 0 Å². The van der Waals surface area contributed by atoms with E-state index in [1.807, 2.05) is 49.4 Å². The number of hydrogen-bond acceptors (Lipinski definition) is 3. The molecule has 3 rings (SSSR count). The molecule has 0 fully saturated rings. The number of furan rings is 1. The molecule has 0 N–H and O–H groups in total. The summed E-state index contributed by atoms with van der Waals surface area (Å²) in [5.41, 5.74) is 1.72. The van der Waals surface area contributed by atoms with Crippen LogP contribution in [0.1, 0.15) is 27.4 Å². The second-order valence-electron chi connectivity index (χ2n) is 5.59. The van der Waals surface area contributed by atoms with Crippen LogP contribution in [-0.2, 0) is 13.1 Å². The number of carbonyl (C=O) groups excluding carboxylic acids is 1. The van der Waals surface area contributed by atoms with E-state index in [-0.39, 0.29) is 5.91 Å². The third kappa shape index (κ3) is 3.69. The highest BCUT2D eigenvalue weighted by molar-refractivity contribution is 5.93. The van der Waals surface area contributed by atoms with Crippen molar-refractivity contribution < 1.29 is 9.21 Å². The fourth-order valence-electron chi connectivity index (χ4n) is 2.43. The summed E-state index contributed by atoms with van der Waals surface area (Å²) >= 11 is 0. The third-order valence-electron chi connectivity index (χ3n) is 3.60. The number of aryl methyl sites for hydroxylation is 1. The summed E-state index contributed by atoms with van der Waals surface area (Å²) in [5, 5.41) is 4.27. The first-order valence-electron chi connectivity index (χ1n) is 7.49. The van der Waals surface area contributed by atoms with E-state index in [4.69, 9.17) is 4.42 Å². The molecule has 3 aromatic rings. The van der Waals surface area contributed by atoms with Crippen LogP contribution in [0, 0.1) is 6.92 Å². The highest BCUT2D eigenvalue weighted by atomic mass is 16.3. The molecule has 5 nitrogen and oxygen atoms in total. The number of carbonyl (C=O) groups is 1. The first-order valence-corrected chi connectivity index (χ1v) is 7.49. The average Bonchev–Trinajstić information content (AvgIpc) is 3.17. The molecule has 5 heteroatoms. The Bertz CT molecular complexity index is 789. The molecule has 0 bridgehead atoms. The lowest BCUT2D eigenvalue weighted by atomic mass is 10.2. The van der Waals surface area contributed by atoms with Gasteiger partial charge in [0.1, 0.15) is 11.5 Å². The maximum absolute atomic E-state index is 12.5. The van der Waals surface area contributed by atoms with Crippen LogP contribution in [0.15, 0.2) is 59.3 Å². The first-order chi connectivity index (χ1) is 11.1. The summed E-state index contributed by atoms with van der Waals surface area (Å²) in [6.07, 6.45) is 3.38. The molecule has 0 aliphatic heterocycles. The van der Waals surface area contributed by atoms with E-state index in [0.29, 0.717) is 18.7 Å². The molecular formula is C18H19N3O2. The molecular weight excluding hydrogens is 290 g/mol. The molecule has 1 aromatic carbocycles. The number of aromatic nitrogens is 2. The van der Waals surface area contributed by atoms with Crippen LogP contribution in [0.25, 0.3) is 0 Å². The molecule has 0 aliphatic rings.